The van der Waals surface area contributed by atoms with Gasteiger partial charge in [-0.25, -0.2) is 0 Å². The van der Waals surface area contributed by atoms with E-state index in [-0.39, 0.29) is 86.0 Å². The number of hydrogen-bond acceptors (Lipinski definition) is 0. The first-order valence-electron chi connectivity index (χ1n) is 1.00. The number of hydrogen-bond donors (Lipinski definition) is 0. The van der Waals surface area contributed by atoms with Crippen molar-refractivity contribution < 1.29 is 86.0 Å². The molecule has 0 atom stereocenters. The van der Waals surface area contributed by atoms with Gasteiger partial charge >= 0.3 is 148 Å². The Morgan fingerprint density at radius 1 is 1.00 bits per heavy atom. The summed E-state index contributed by atoms with van der Waals surface area (Å²) in [6.07, 6.45) is 0. The summed E-state index contributed by atoms with van der Waals surface area (Å²) in [5.41, 5.74) is 0. The van der Waals surface area contributed by atoms with Crippen molar-refractivity contribution in [2.75, 3.05) is 0 Å². The van der Waals surface area contributed by atoms with Gasteiger partial charge in [-0.1, -0.05) is 0 Å². The van der Waals surface area contributed by atoms with Crippen molar-refractivity contribution in [1.82, 2.24) is 0 Å². The van der Waals surface area contributed by atoms with Crippen molar-refractivity contribution >= 4 is 67.7 Å². The molecule has 0 heterocycles. The van der Waals surface area contributed by atoms with Gasteiger partial charge in [-0.2, -0.15) is 0 Å². The summed E-state index contributed by atoms with van der Waals surface area (Å²) in [7, 11) is 0. The van der Waals surface area contributed by atoms with Gasteiger partial charge in [-0.3, -0.25) is 0 Å². The normalized spacial score (nSPS) is 1.60. The van der Waals surface area contributed by atoms with Crippen LogP contribution in [0.1, 0.15) is 0 Å². The average Bonchev–Trinajstić information content (AvgIpc) is 1.00. The summed E-state index contributed by atoms with van der Waals surface area (Å²) in [6, 6.07) is 0. The molecule has 1 nitrogen and oxygen atoms in total. The van der Waals surface area contributed by atoms with Crippen LogP contribution in [0, 0.1) is 0 Å². The van der Waals surface area contributed by atoms with E-state index < -0.39 is 0 Å². The molecule has 0 aromatic rings. The second-order valence-electron chi connectivity index (χ2n) is 0. The summed E-state index contributed by atoms with van der Waals surface area (Å²) in [6.45, 7) is 0. The molecule has 0 aromatic carbocycles. The Morgan fingerprint density at radius 2 is 1.00 bits per heavy atom. The topological polar surface area (TPSA) is 28.5 Å². The van der Waals surface area contributed by atoms with Crippen molar-refractivity contribution in [3.8, 4) is 0 Å². The predicted octanol–water partition coefficient (Wildman–Crippen LogP) is -3.88. The third-order valence-corrected chi connectivity index (χ3v) is 0. The van der Waals surface area contributed by atoms with E-state index in [0.29, 0.717) is 0 Å². The predicted molar refractivity (Wildman–Crippen MR) is 12.2 cm³/mol. The molecule has 0 aliphatic carbocycles. The minimum absolute atomic E-state index is 0. The Hall–Kier alpha value is 6.12. The van der Waals surface area contributed by atoms with Gasteiger partial charge in [0.15, 0.2) is 0 Å². The zero-order chi connectivity index (χ0) is 2.00. The molecule has 0 aliphatic heterocycles. The zero-order valence-corrected chi connectivity index (χ0v) is 20.6. The minimum atomic E-state index is 0. The Balaban J connectivity index is -0.00000000167. The molecule has 5 heavy (non-hydrogen) atoms. The third kappa shape index (κ3) is 17.8. The van der Waals surface area contributed by atoms with Gasteiger partial charge in [-0.05, 0) is 0 Å². The quantitative estimate of drug-likeness (QED) is 0.325. The first-order chi connectivity index (χ1) is 1.00. The van der Waals surface area contributed by atoms with Gasteiger partial charge in [0, 0.05) is 0 Å². The van der Waals surface area contributed by atoms with Crippen molar-refractivity contribution in [3.05, 3.63) is 0 Å². The SMILES string of the molecule is [Au+].[O-2].[Rb+].[Rb][Rb]. The molecule has 0 saturated heterocycles. The molecule has 0 spiro atoms. The van der Waals surface area contributed by atoms with E-state index in [1.54, 1.807) is 0 Å². The molecule has 5 heteroatoms. The van der Waals surface area contributed by atoms with Crippen LogP contribution in [-0.4, -0.2) is 67.7 Å². The fourth-order valence-corrected chi connectivity index (χ4v) is 0. The summed E-state index contributed by atoms with van der Waals surface area (Å²) in [5.74, 6) is 0. The van der Waals surface area contributed by atoms with Crippen LogP contribution in [0.2, 0.25) is 0 Å². The average molecular weight is 469 g/mol. The van der Waals surface area contributed by atoms with E-state index in [1.807, 2.05) is 0 Å². The van der Waals surface area contributed by atoms with Crippen LogP contribution in [-0.2, 0) is 27.9 Å². The van der Waals surface area contributed by atoms with Crippen LogP contribution < -0.4 is 58.2 Å². The second-order valence-corrected chi connectivity index (χ2v) is 0. The molecule has 0 saturated carbocycles. The van der Waals surface area contributed by atoms with Crippen LogP contribution >= 0.6 is 0 Å². The molecule has 0 rings (SSSR count). The van der Waals surface area contributed by atoms with E-state index in [1.165, 1.54) is 0 Å². The van der Waals surface area contributed by atoms with E-state index in [2.05, 4.69) is 0 Å². The molecule has 0 bridgehead atoms. The summed E-state index contributed by atoms with van der Waals surface area (Å²) in [4.78, 5) is 0. The molecule has 0 radical (unpaired) electrons. The molecular weight excluding hydrogens is 469 g/mol. The van der Waals surface area contributed by atoms with Crippen LogP contribution in [0.5, 0.6) is 0 Å². The summed E-state index contributed by atoms with van der Waals surface area (Å²) >= 11 is 2.32. The fraction of sp³-hybridized carbons (Fsp3) is 0. The van der Waals surface area contributed by atoms with Crippen LogP contribution in [0.4, 0.5) is 0 Å². The zero-order valence-electron chi connectivity index (χ0n) is 3.71. The van der Waals surface area contributed by atoms with Crippen LogP contribution in [0.25, 0.3) is 0 Å². The molecule has 0 aromatic heterocycles. The Bertz CT molecular complexity index is 6.85. The first kappa shape index (κ1) is 22.5. The molecular formula is AuORb3. The molecule has 0 fully saturated rings. The van der Waals surface area contributed by atoms with Crippen LogP contribution in [0.3, 0.4) is 0 Å². The van der Waals surface area contributed by atoms with E-state index in [0.717, 1.165) is 67.7 Å². The first-order valence-corrected chi connectivity index (χ1v) is 35.0. The monoisotopic (exact) mass is 468 g/mol. The molecule has 0 aliphatic rings. The Labute approximate surface area is 146 Å². The maximum absolute atomic E-state index is 1.16. The molecule has 20 valence electrons. The second kappa shape index (κ2) is 22.5. The maximum atomic E-state index is 1.16. The van der Waals surface area contributed by atoms with Gasteiger partial charge in [0.1, 0.15) is 0 Å². The van der Waals surface area contributed by atoms with E-state index in [9.17, 15) is 0 Å². The van der Waals surface area contributed by atoms with Crippen molar-refractivity contribution in [1.29, 1.82) is 0 Å². The summed E-state index contributed by atoms with van der Waals surface area (Å²) < 4.78 is 0. The fourth-order valence-electron chi connectivity index (χ4n) is 0. The van der Waals surface area contributed by atoms with E-state index >= 15 is 0 Å². The van der Waals surface area contributed by atoms with Crippen molar-refractivity contribution in [2.45, 2.75) is 0 Å². The Kier molecular flexibility index (Phi) is 101. The van der Waals surface area contributed by atoms with Gasteiger partial charge < -0.3 is 5.48 Å². The van der Waals surface area contributed by atoms with E-state index in [4.69, 9.17) is 0 Å². The van der Waals surface area contributed by atoms with Gasteiger partial charge in [0.2, 0.25) is 0 Å². The van der Waals surface area contributed by atoms with Crippen molar-refractivity contribution in [2.24, 2.45) is 0 Å². The number of rotatable bonds is 0. The van der Waals surface area contributed by atoms with Gasteiger partial charge in [0.05, 0.1) is 0 Å². The molecule has 0 N–H and O–H groups in total. The van der Waals surface area contributed by atoms with Crippen LogP contribution in [0.15, 0.2) is 0 Å². The Morgan fingerprint density at radius 3 is 1.00 bits per heavy atom. The standard InChI is InChI=1S/Au.O.3Rb/q+1;-2;;;+1. The summed E-state index contributed by atoms with van der Waals surface area (Å²) in [5, 5.41) is 0. The van der Waals surface area contributed by atoms with Gasteiger partial charge in [-0.15, -0.1) is 0 Å². The molecule has 0 amide bonds. The molecule has 0 unspecified atom stereocenters. The van der Waals surface area contributed by atoms with Gasteiger partial charge in [0.25, 0.3) is 0 Å². The van der Waals surface area contributed by atoms with Crippen molar-refractivity contribution in [3.63, 3.8) is 0 Å². The third-order valence-electron chi connectivity index (χ3n) is 0.